The molecule has 1 N–H and O–H groups in total. The lowest BCUT2D eigenvalue weighted by Crippen LogP contribution is -2.24. The molecule has 1 unspecified atom stereocenters. The van der Waals surface area contributed by atoms with Gasteiger partial charge in [-0.25, -0.2) is 0 Å². The predicted molar refractivity (Wildman–Crippen MR) is 99.6 cm³/mol. The van der Waals surface area contributed by atoms with E-state index < -0.39 is 0 Å². The van der Waals surface area contributed by atoms with Gasteiger partial charge in [0.1, 0.15) is 0 Å². The van der Waals surface area contributed by atoms with Crippen molar-refractivity contribution >= 4 is 45.9 Å². The van der Waals surface area contributed by atoms with Crippen LogP contribution in [0.4, 0.5) is 5.69 Å². The first-order chi connectivity index (χ1) is 10.2. The van der Waals surface area contributed by atoms with Crippen LogP contribution in [0.2, 0.25) is 0 Å². The summed E-state index contributed by atoms with van der Waals surface area (Å²) in [4.78, 5) is 12.3. The third-order valence-corrected chi connectivity index (χ3v) is 5.24. The van der Waals surface area contributed by atoms with Gasteiger partial charge < -0.3 is 5.32 Å². The molecule has 0 aliphatic rings. The zero-order chi connectivity index (χ0) is 15.1. The first-order valence-electron chi connectivity index (χ1n) is 6.91. The van der Waals surface area contributed by atoms with Gasteiger partial charge in [0.15, 0.2) is 0 Å². The van der Waals surface area contributed by atoms with Crippen molar-refractivity contribution in [1.82, 2.24) is 0 Å². The lowest BCUT2D eigenvalue weighted by molar-refractivity contribution is -0.115. The predicted octanol–water partition coefficient (Wildman–Crippen LogP) is 4.94. The van der Waals surface area contributed by atoms with Crippen LogP contribution in [0.3, 0.4) is 0 Å². The SMILES string of the molecule is CCC(SCc1ccccc1)C(=O)Nc1ccc(I)cc1. The van der Waals surface area contributed by atoms with E-state index in [1.807, 2.05) is 42.5 Å². The van der Waals surface area contributed by atoms with Crippen LogP contribution in [0.5, 0.6) is 0 Å². The maximum atomic E-state index is 12.3. The maximum absolute atomic E-state index is 12.3. The summed E-state index contributed by atoms with van der Waals surface area (Å²) >= 11 is 3.95. The number of benzene rings is 2. The summed E-state index contributed by atoms with van der Waals surface area (Å²) in [5.41, 5.74) is 2.11. The minimum absolute atomic E-state index is 0.0236. The summed E-state index contributed by atoms with van der Waals surface area (Å²) in [5.74, 6) is 0.944. The van der Waals surface area contributed by atoms with Gasteiger partial charge in [0.25, 0.3) is 0 Å². The number of nitrogens with one attached hydrogen (secondary N) is 1. The van der Waals surface area contributed by atoms with Gasteiger partial charge in [-0.15, -0.1) is 11.8 Å². The number of hydrogen-bond acceptors (Lipinski definition) is 2. The molecule has 4 heteroatoms. The first-order valence-corrected chi connectivity index (χ1v) is 9.03. The van der Waals surface area contributed by atoms with Crippen LogP contribution < -0.4 is 5.32 Å². The van der Waals surface area contributed by atoms with Crippen molar-refractivity contribution < 1.29 is 4.79 Å². The minimum atomic E-state index is -0.0236. The Morgan fingerprint density at radius 3 is 2.43 bits per heavy atom. The second-order valence-corrected chi connectivity index (χ2v) is 7.13. The van der Waals surface area contributed by atoms with E-state index >= 15 is 0 Å². The fourth-order valence-corrected chi connectivity index (χ4v) is 3.30. The second-order valence-electron chi connectivity index (χ2n) is 4.69. The second kappa shape index (κ2) is 8.44. The molecule has 0 aliphatic carbocycles. The molecule has 2 rings (SSSR count). The molecule has 0 saturated carbocycles. The molecule has 0 heterocycles. The monoisotopic (exact) mass is 411 g/mol. The smallest absolute Gasteiger partial charge is 0.237 e. The number of amides is 1. The molecule has 2 nitrogen and oxygen atoms in total. The maximum Gasteiger partial charge on any atom is 0.237 e. The Morgan fingerprint density at radius 2 is 1.81 bits per heavy atom. The van der Waals surface area contributed by atoms with E-state index in [4.69, 9.17) is 0 Å². The van der Waals surface area contributed by atoms with E-state index in [2.05, 4.69) is 47.0 Å². The molecule has 110 valence electrons. The van der Waals surface area contributed by atoms with Crippen molar-refractivity contribution in [2.24, 2.45) is 0 Å². The van der Waals surface area contributed by atoms with Crippen molar-refractivity contribution in [3.05, 3.63) is 63.7 Å². The van der Waals surface area contributed by atoms with Gasteiger partial charge >= 0.3 is 0 Å². The van der Waals surface area contributed by atoms with Crippen molar-refractivity contribution in [2.75, 3.05) is 5.32 Å². The van der Waals surface area contributed by atoms with Crippen LogP contribution in [0.25, 0.3) is 0 Å². The minimum Gasteiger partial charge on any atom is -0.325 e. The summed E-state index contributed by atoms with van der Waals surface area (Å²) in [5, 5.41) is 2.97. The van der Waals surface area contributed by atoms with Gasteiger partial charge in [0.05, 0.1) is 5.25 Å². The first kappa shape index (κ1) is 16.4. The van der Waals surface area contributed by atoms with Gasteiger partial charge in [-0.1, -0.05) is 37.3 Å². The van der Waals surface area contributed by atoms with E-state index in [0.717, 1.165) is 21.4 Å². The average Bonchev–Trinajstić information content (AvgIpc) is 2.51. The quantitative estimate of drug-likeness (QED) is 0.683. The number of carbonyl (C=O) groups excluding carboxylic acids is 1. The summed E-state index contributed by atoms with van der Waals surface area (Å²) in [7, 11) is 0. The molecule has 21 heavy (non-hydrogen) atoms. The molecule has 0 saturated heterocycles. The number of halogens is 1. The van der Waals surface area contributed by atoms with Crippen LogP contribution >= 0.6 is 34.4 Å². The zero-order valence-electron chi connectivity index (χ0n) is 11.9. The fraction of sp³-hybridized carbons (Fsp3) is 0.235. The van der Waals surface area contributed by atoms with Crippen LogP contribution in [-0.2, 0) is 10.5 Å². The molecule has 0 bridgehead atoms. The molecule has 0 aromatic heterocycles. The number of thioether (sulfide) groups is 1. The van der Waals surface area contributed by atoms with Crippen molar-refractivity contribution in [2.45, 2.75) is 24.3 Å². The molecule has 0 spiro atoms. The summed E-state index contributed by atoms with van der Waals surface area (Å²) < 4.78 is 1.16. The van der Waals surface area contributed by atoms with Crippen LogP contribution in [0, 0.1) is 3.57 Å². The van der Waals surface area contributed by atoms with Crippen molar-refractivity contribution in [3.8, 4) is 0 Å². The topological polar surface area (TPSA) is 29.1 Å². The van der Waals surface area contributed by atoms with Gasteiger partial charge in [0.2, 0.25) is 5.91 Å². The van der Waals surface area contributed by atoms with Crippen molar-refractivity contribution in [3.63, 3.8) is 0 Å². The fourth-order valence-electron chi connectivity index (χ4n) is 1.91. The Labute approximate surface area is 143 Å². The lowest BCUT2D eigenvalue weighted by atomic mass is 10.2. The van der Waals surface area contributed by atoms with E-state index in [-0.39, 0.29) is 11.2 Å². The standard InChI is InChI=1S/C17H18INOS/c1-2-16(21-12-13-6-4-3-5-7-13)17(20)19-15-10-8-14(18)9-11-15/h3-11,16H,2,12H2,1H3,(H,19,20). The molecule has 1 amide bonds. The molecular formula is C17H18INOS. The Hall–Kier alpha value is -1.01. The molecule has 0 aliphatic heterocycles. The number of anilines is 1. The van der Waals surface area contributed by atoms with Gasteiger partial charge in [-0.05, 0) is 58.8 Å². The Morgan fingerprint density at radius 1 is 1.14 bits per heavy atom. The Balaban J connectivity index is 1.90. The number of rotatable bonds is 6. The third kappa shape index (κ3) is 5.36. The molecule has 2 aromatic carbocycles. The van der Waals surface area contributed by atoms with Gasteiger partial charge in [0, 0.05) is 15.0 Å². The van der Waals surface area contributed by atoms with Crippen LogP contribution in [0.15, 0.2) is 54.6 Å². The highest BCUT2D eigenvalue weighted by atomic mass is 127. The average molecular weight is 411 g/mol. The number of hydrogen-bond donors (Lipinski definition) is 1. The molecular weight excluding hydrogens is 393 g/mol. The normalized spacial score (nSPS) is 11.9. The van der Waals surface area contributed by atoms with E-state index in [1.54, 1.807) is 11.8 Å². The van der Waals surface area contributed by atoms with Crippen LogP contribution in [-0.4, -0.2) is 11.2 Å². The highest BCUT2D eigenvalue weighted by Gasteiger charge is 2.17. The molecule has 0 fully saturated rings. The highest BCUT2D eigenvalue weighted by molar-refractivity contribution is 14.1. The summed E-state index contributed by atoms with van der Waals surface area (Å²) in [6.07, 6.45) is 0.827. The van der Waals surface area contributed by atoms with E-state index in [9.17, 15) is 4.79 Å². The van der Waals surface area contributed by atoms with Crippen LogP contribution in [0.1, 0.15) is 18.9 Å². The van der Waals surface area contributed by atoms with Gasteiger partial charge in [-0.2, -0.15) is 0 Å². The summed E-state index contributed by atoms with van der Waals surface area (Å²) in [6, 6.07) is 18.1. The Kier molecular flexibility index (Phi) is 6.57. The highest BCUT2D eigenvalue weighted by Crippen LogP contribution is 2.22. The third-order valence-electron chi connectivity index (χ3n) is 3.07. The van der Waals surface area contributed by atoms with E-state index in [1.165, 1.54) is 5.56 Å². The summed E-state index contributed by atoms with van der Waals surface area (Å²) in [6.45, 7) is 2.05. The molecule has 2 aromatic rings. The van der Waals surface area contributed by atoms with Gasteiger partial charge in [-0.3, -0.25) is 4.79 Å². The van der Waals surface area contributed by atoms with E-state index in [0.29, 0.717) is 0 Å². The molecule has 0 radical (unpaired) electrons. The van der Waals surface area contributed by atoms with Crippen molar-refractivity contribution in [1.29, 1.82) is 0 Å². The molecule has 1 atom stereocenters. The lowest BCUT2D eigenvalue weighted by Gasteiger charge is -2.15. The zero-order valence-corrected chi connectivity index (χ0v) is 14.9. The number of carbonyl (C=O) groups is 1. The largest absolute Gasteiger partial charge is 0.325 e. The Bertz CT molecular complexity index is 571.